The quantitative estimate of drug-likeness (QED) is 0.465. The van der Waals surface area contributed by atoms with E-state index in [1.54, 1.807) is 11.0 Å². The molecule has 0 bridgehead atoms. The van der Waals surface area contributed by atoms with Crippen LogP contribution in [0.15, 0.2) is 49.2 Å². The second kappa shape index (κ2) is 6.82. The zero-order valence-corrected chi connectivity index (χ0v) is 16.5. The number of hydrogen-bond acceptors (Lipinski definition) is 6. The Hall–Kier alpha value is -3.52. The van der Waals surface area contributed by atoms with Gasteiger partial charge in [0, 0.05) is 17.1 Å². The fourth-order valence-corrected chi connectivity index (χ4v) is 3.59. The molecule has 0 unspecified atom stereocenters. The van der Waals surface area contributed by atoms with Crippen molar-refractivity contribution in [3.63, 3.8) is 0 Å². The van der Waals surface area contributed by atoms with E-state index in [0.29, 0.717) is 22.3 Å². The topological polar surface area (TPSA) is 97.2 Å². The summed E-state index contributed by atoms with van der Waals surface area (Å²) in [5.41, 5.74) is 3.99. The average Bonchev–Trinajstić information content (AvgIpc) is 3.37. The summed E-state index contributed by atoms with van der Waals surface area (Å²) in [4.78, 5) is 20.7. The molecule has 2 N–H and O–H groups in total. The van der Waals surface area contributed by atoms with Crippen LogP contribution in [-0.2, 0) is 0 Å². The summed E-state index contributed by atoms with van der Waals surface area (Å²) in [7, 11) is 0. The molecule has 0 aliphatic carbocycles. The first kappa shape index (κ1) is 17.6. The minimum atomic E-state index is -0.119. The summed E-state index contributed by atoms with van der Waals surface area (Å²) in [5.74, 6) is 1.39. The molecule has 4 heterocycles. The van der Waals surface area contributed by atoms with Gasteiger partial charge in [-0.25, -0.2) is 24.6 Å². The van der Waals surface area contributed by atoms with E-state index in [4.69, 9.17) is 16.6 Å². The van der Waals surface area contributed by atoms with E-state index < -0.39 is 0 Å². The number of H-pyrrole nitrogens is 1. The second-order valence-electron chi connectivity index (χ2n) is 6.80. The third-order valence-electron chi connectivity index (χ3n) is 4.79. The maximum absolute atomic E-state index is 6.40. The van der Waals surface area contributed by atoms with Crippen LogP contribution < -0.4 is 5.32 Å². The average molecular weight is 405 g/mol. The van der Waals surface area contributed by atoms with Gasteiger partial charge in [-0.1, -0.05) is 23.7 Å². The van der Waals surface area contributed by atoms with Crippen molar-refractivity contribution in [3.8, 4) is 5.82 Å². The number of aryl methyl sites for hydroxylation is 1. The third-order valence-corrected chi connectivity index (χ3v) is 5.09. The van der Waals surface area contributed by atoms with Crippen LogP contribution in [-0.4, -0.2) is 34.7 Å². The van der Waals surface area contributed by atoms with E-state index in [-0.39, 0.29) is 6.04 Å². The van der Waals surface area contributed by atoms with E-state index in [2.05, 4.69) is 43.3 Å². The van der Waals surface area contributed by atoms with Gasteiger partial charge in [0.1, 0.15) is 11.8 Å². The summed E-state index contributed by atoms with van der Waals surface area (Å²) in [6.45, 7) is 4.00. The molecule has 0 amide bonds. The molecule has 9 heteroatoms. The molecule has 29 heavy (non-hydrogen) atoms. The summed E-state index contributed by atoms with van der Waals surface area (Å²) in [6.07, 6.45) is 5.00. The summed E-state index contributed by atoms with van der Waals surface area (Å²) in [5, 5.41) is 9.57. The number of imidazole rings is 1. The van der Waals surface area contributed by atoms with E-state index in [9.17, 15) is 0 Å². The van der Waals surface area contributed by atoms with Gasteiger partial charge < -0.3 is 10.3 Å². The molecule has 144 valence electrons. The normalized spacial score (nSPS) is 12.5. The largest absolute Gasteiger partial charge is 0.362 e. The van der Waals surface area contributed by atoms with Gasteiger partial charge in [0.15, 0.2) is 17.3 Å². The molecule has 0 aliphatic heterocycles. The van der Waals surface area contributed by atoms with Crippen LogP contribution in [0.4, 0.5) is 5.82 Å². The Morgan fingerprint density at radius 3 is 2.90 bits per heavy atom. The van der Waals surface area contributed by atoms with E-state index in [1.165, 1.54) is 6.33 Å². The molecule has 0 aliphatic rings. The van der Waals surface area contributed by atoms with E-state index in [0.717, 1.165) is 27.7 Å². The van der Waals surface area contributed by atoms with E-state index >= 15 is 0 Å². The number of benzene rings is 1. The predicted octanol–water partition coefficient (Wildman–Crippen LogP) is 4.22. The van der Waals surface area contributed by atoms with Crippen LogP contribution in [0.5, 0.6) is 0 Å². The first-order valence-electron chi connectivity index (χ1n) is 9.12. The number of nitrogens with one attached hydrogen (secondary N) is 2. The van der Waals surface area contributed by atoms with Crippen LogP contribution in [0.25, 0.3) is 27.9 Å². The predicted molar refractivity (Wildman–Crippen MR) is 112 cm³/mol. The molecule has 5 aromatic rings. The zero-order valence-electron chi connectivity index (χ0n) is 15.8. The third kappa shape index (κ3) is 3.07. The van der Waals surface area contributed by atoms with Crippen molar-refractivity contribution in [2.45, 2.75) is 19.9 Å². The van der Waals surface area contributed by atoms with Crippen LogP contribution >= 0.6 is 11.6 Å². The number of halogens is 1. The number of hydrogen-bond donors (Lipinski definition) is 2. The molecule has 0 spiro atoms. The number of rotatable bonds is 4. The lowest BCUT2D eigenvalue weighted by Gasteiger charge is -2.19. The SMILES string of the molecule is Cc1ccn(-c2nc3c(Cl)cccc3cc2[C@H](C)Nc2ncnc3nc[nH]c23)n1. The van der Waals surface area contributed by atoms with Crippen LogP contribution in [0.2, 0.25) is 5.02 Å². The highest BCUT2D eigenvalue weighted by Gasteiger charge is 2.18. The van der Waals surface area contributed by atoms with Crippen molar-refractivity contribution >= 4 is 39.5 Å². The Bertz CT molecular complexity index is 1340. The number of fused-ring (bicyclic) bond motifs is 2. The summed E-state index contributed by atoms with van der Waals surface area (Å²) in [6, 6.07) is 9.67. The number of pyridine rings is 1. The van der Waals surface area contributed by atoms with Crippen molar-refractivity contribution in [2.75, 3.05) is 5.32 Å². The first-order chi connectivity index (χ1) is 14.1. The summed E-state index contributed by atoms with van der Waals surface area (Å²) >= 11 is 6.40. The van der Waals surface area contributed by atoms with Gasteiger partial charge in [0.25, 0.3) is 0 Å². The lowest BCUT2D eigenvalue weighted by Crippen LogP contribution is -2.14. The van der Waals surface area contributed by atoms with Crippen LogP contribution in [0, 0.1) is 6.92 Å². The van der Waals surface area contributed by atoms with Gasteiger partial charge in [-0.15, -0.1) is 0 Å². The van der Waals surface area contributed by atoms with Gasteiger partial charge in [0.2, 0.25) is 0 Å². The zero-order chi connectivity index (χ0) is 20.0. The van der Waals surface area contributed by atoms with Crippen molar-refractivity contribution < 1.29 is 0 Å². The lowest BCUT2D eigenvalue weighted by molar-refractivity contribution is 0.787. The molecular weight excluding hydrogens is 388 g/mol. The number of aromatic nitrogens is 7. The minimum Gasteiger partial charge on any atom is -0.362 e. The van der Waals surface area contributed by atoms with Gasteiger partial charge in [-0.2, -0.15) is 5.10 Å². The Morgan fingerprint density at radius 1 is 1.17 bits per heavy atom. The molecule has 0 radical (unpaired) electrons. The Kier molecular flexibility index (Phi) is 4.13. The Morgan fingerprint density at radius 2 is 2.07 bits per heavy atom. The number of nitrogens with zero attached hydrogens (tertiary/aromatic N) is 6. The van der Waals surface area contributed by atoms with E-state index in [1.807, 2.05) is 37.4 Å². The number of para-hydroxylation sites is 1. The fraction of sp³-hybridized carbons (Fsp3) is 0.150. The minimum absolute atomic E-state index is 0.119. The van der Waals surface area contributed by atoms with Gasteiger partial charge >= 0.3 is 0 Å². The molecule has 0 saturated heterocycles. The van der Waals surface area contributed by atoms with Gasteiger partial charge in [-0.3, -0.25) is 0 Å². The molecule has 0 saturated carbocycles. The van der Waals surface area contributed by atoms with Crippen molar-refractivity contribution in [1.82, 2.24) is 34.7 Å². The molecule has 5 rings (SSSR count). The Labute approximate surface area is 171 Å². The Balaban J connectivity index is 1.65. The molecular formula is C20H17ClN8. The van der Waals surface area contributed by atoms with Gasteiger partial charge in [0.05, 0.1) is 28.6 Å². The molecule has 0 fully saturated rings. The molecule has 8 nitrogen and oxygen atoms in total. The standard InChI is InChI=1S/C20H17ClN8/c1-11-6-7-29(28-11)20-14(8-13-4-3-5-15(21)16(13)27-20)12(2)26-19-17-18(23-9-22-17)24-10-25-19/h3-10,12H,1-2H3,(H2,22,23,24,25,26)/t12-/m0/s1. The lowest BCUT2D eigenvalue weighted by atomic mass is 10.1. The maximum Gasteiger partial charge on any atom is 0.182 e. The smallest absolute Gasteiger partial charge is 0.182 e. The van der Waals surface area contributed by atoms with Gasteiger partial charge in [-0.05, 0) is 32.0 Å². The van der Waals surface area contributed by atoms with Crippen LogP contribution in [0.1, 0.15) is 24.2 Å². The highest BCUT2D eigenvalue weighted by molar-refractivity contribution is 6.35. The summed E-state index contributed by atoms with van der Waals surface area (Å²) < 4.78 is 1.78. The van der Waals surface area contributed by atoms with Crippen molar-refractivity contribution in [2.24, 2.45) is 0 Å². The second-order valence-corrected chi connectivity index (χ2v) is 7.21. The highest BCUT2D eigenvalue weighted by Crippen LogP contribution is 2.30. The number of anilines is 1. The monoisotopic (exact) mass is 404 g/mol. The fourth-order valence-electron chi connectivity index (χ4n) is 3.36. The van der Waals surface area contributed by atoms with Crippen molar-refractivity contribution in [3.05, 3.63) is 65.5 Å². The molecule has 4 aromatic heterocycles. The highest BCUT2D eigenvalue weighted by atomic mass is 35.5. The molecule has 1 atom stereocenters. The molecule has 1 aromatic carbocycles. The first-order valence-corrected chi connectivity index (χ1v) is 9.50. The van der Waals surface area contributed by atoms with Crippen molar-refractivity contribution in [1.29, 1.82) is 0 Å². The van der Waals surface area contributed by atoms with Crippen LogP contribution in [0.3, 0.4) is 0 Å². The maximum atomic E-state index is 6.40. The number of aromatic amines is 1.